The van der Waals surface area contributed by atoms with E-state index in [-0.39, 0.29) is 24.0 Å². The van der Waals surface area contributed by atoms with Crippen molar-refractivity contribution in [1.82, 2.24) is 20.0 Å². The Hall–Kier alpha value is -1.73. The van der Waals surface area contributed by atoms with E-state index in [1.165, 1.54) is 0 Å². The molecule has 0 radical (unpaired) electrons. The topological polar surface area (TPSA) is 61.8 Å². The Morgan fingerprint density at radius 1 is 1.24 bits per heavy atom. The molecule has 2 aliphatic heterocycles. The molecule has 25 heavy (non-hydrogen) atoms. The van der Waals surface area contributed by atoms with Crippen LogP contribution in [-0.2, 0) is 14.9 Å². The highest BCUT2D eigenvalue weighted by Gasteiger charge is 2.33. The minimum atomic E-state index is 0.0256. The summed E-state index contributed by atoms with van der Waals surface area (Å²) in [6.07, 6.45) is 0.0904. The molecule has 7 heteroatoms. The second kappa shape index (κ2) is 6.88. The van der Waals surface area contributed by atoms with Crippen LogP contribution < -0.4 is 4.90 Å². The van der Waals surface area contributed by atoms with Crippen molar-refractivity contribution in [3.8, 4) is 0 Å². The van der Waals surface area contributed by atoms with Gasteiger partial charge < -0.3 is 14.5 Å². The number of carbonyl (C=O) groups excluding carboxylic acids is 1. The fourth-order valence-electron chi connectivity index (χ4n) is 3.16. The van der Waals surface area contributed by atoms with Crippen molar-refractivity contribution in [3.05, 3.63) is 17.8 Å². The molecule has 2 fully saturated rings. The maximum atomic E-state index is 11.5. The van der Waals surface area contributed by atoms with Crippen molar-refractivity contribution < 1.29 is 9.53 Å². The van der Waals surface area contributed by atoms with Crippen molar-refractivity contribution in [2.24, 2.45) is 0 Å². The molecule has 3 rings (SSSR count). The number of anilines is 1. The number of rotatable bonds is 4. The van der Waals surface area contributed by atoms with E-state index >= 15 is 0 Å². The molecule has 1 aromatic heterocycles. The van der Waals surface area contributed by atoms with Gasteiger partial charge in [-0.05, 0) is 19.2 Å². The molecule has 1 aromatic rings. The highest BCUT2D eigenvalue weighted by Crippen LogP contribution is 2.24. The lowest BCUT2D eigenvalue weighted by Crippen LogP contribution is -2.61. The summed E-state index contributed by atoms with van der Waals surface area (Å²) in [4.78, 5) is 17.8. The minimum absolute atomic E-state index is 0.0256. The molecule has 1 amide bonds. The largest absolute Gasteiger partial charge is 0.365 e. The third-order valence-corrected chi connectivity index (χ3v) is 5.07. The van der Waals surface area contributed by atoms with E-state index in [0.717, 1.165) is 31.1 Å². The molecule has 3 heterocycles. The van der Waals surface area contributed by atoms with Gasteiger partial charge in [-0.2, -0.15) is 5.10 Å². The third kappa shape index (κ3) is 4.10. The zero-order valence-corrected chi connectivity index (χ0v) is 15.9. The van der Waals surface area contributed by atoms with Crippen LogP contribution in [0.15, 0.2) is 12.1 Å². The van der Waals surface area contributed by atoms with Gasteiger partial charge in [0, 0.05) is 44.7 Å². The average Bonchev–Trinajstić information content (AvgIpc) is 2.49. The molecular formula is C18H29N5O2. The molecule has 138 valence electrons. The average molecular weight is 347 g/mol. The zero-order chi connectivity index (χ0) is 18.2. The lowest BCUT2D eigenvalue weighted by molar-refractivity contribution is -0.147. The summed E-state index contributed by atoms with van der Waals surface area (Å²) < 4.78 is 5.64. The number of nitrogens with zero attached hydrogens (tertiary/aromatic N) is 5. The highest BCUT2D eigenvalue weighted by atomic mass is 16.5. The van der Waals surface area contributed by atoms with E-state index in [2.05, 4.69) is 59.9 Å². The summed E-state index contributed by atoms with van der Waals surface area (Å²) >= 11 is 0. The Morgan fingerprint density at radius 2 is 1.96 bits per heavy atom. The van der Waals surface area contributed by atoms with Gasteiger partial charge in [0.25, 0.3) is 0 Å². The molecule has 0 aromatic carbocycles. The maximum Gasteiger partial charge on any atom is 0.248 e. The van der Waals surface area contributed by atoms with Crippen molar-refractivity contribution in [3.63, 3.8) is 0 Å². The first-order valence-corrected chi connectivity index (χ1v) is 8.89. The van der Waals surface area contributed by atoms with Crippen molar-refractivity contribution in [2.45, 2.75) is 38.3 Å². The number of likely N-dealkylation sites (N-methyl/N-ethyl adjacent to an activating group) is 2. The molecule has 7 nitrogen and oxygen atoms in total. The first kappa shape index (κ1) is 18.1. The number of carbonyl (C=O) groups is 1. The summed E-state index contributed by atoms with van der Waals surface area (Å²) in [5.74, 6) is 1.00. The summed E-state index contributed by atoms with van der Waals surface area (Å²) in [6.45, 7) is 10.0. The number of aromatic nitrogens is 2. The highest BCUT2D eigenvalue weighted by molar-refractivity contribution is 5.77. The normalized spacial score (nSPS) is 22.5. The van der Waals surface area contributed by atoms with E-state index in [1.54, 1.807) is 4.90 Å². The van der Waals surface area contributed by atoms with Gasteiger partial charge in [0.05, 0.1) is 11.8 Å². The quantitative estimate of drug-likeness (QED) is 0.801. The predicted molar refractivity (Wildman–Crippen MR) is 96.7 cm³/mol. The predicted octanol–water partition coefficient (Wildman–Crippen LogP) is 0.752. The Labute approximate surface area is 149 Å². The molecule has 1 unspecified atom stereocenters. The van der Waals surface area contributed by atoms with Crippen LogP contribution in [0.5, 0.6) is 0 Å². The van der Waals surface area contributed by atoms with Crippen LogP contribution in [0, 0.1) is 0 Å². The van der Waals surface area contributed by atoms with Crippen LogP contribution in [0.2, 0.25) is 0 Å². The summed E-state index contributed by atoms with van der Waals surface area (Å²) in [5, 5.41) is 8.75. The molecule has 2 saturated heterocycles. The van der Waals surface area contributed by atoms with Crippen LogP contribution in [0.4, 0.5) is 5.82 Å². The Balaban J connectivity index is 1.48. The second-order valence-electron chi connectivity index (χ2n) is 8.23. The standard InChI is InChI=1S/C18H29N5O2/c1-18(2,3)15-6-7-16(20-19-15)23-8-13(9-23)21(4)10-14-11-22(5)17(24)12-25-14/h6-7,13-14H,8-12H2,1-5H3. The van der Waals surface area contributed by atoms with Crippen molar-refractivity contribution in [2.75, 3.05) is 51.8 Å². The maximum absolute atomic E-state index is 11.5. The van der Waals surface area contributed by atoms with E-state index < -0.39 is 0 Å². The van der Waals surface area contributed by atoms with E-state index in [1.807, 2.05) is 7.05 Å². The van der Waals surface area contributed by atoms with E-state index in [9.17, 15) is 4.79 Å². The molecule has 0 saturated carbocycles. The molecule has 2 aliphatic rings. The Morgan fingerprint density at radius 3 is 2.52 bits per heavy atom. The number of morpholine rings is 1. The lowest BCUT2D eigenvalue weighted by Gasteiger charge is -2.45. The molecule has 0 N–H and O–H groups in total. The number of hydrogen-bond donors (Lipinski definition) is 0. The monoisotopic (exact) mass is 347 g/mol. The number of hydrogen-bond acceptors (Lipinski definition) is 6. The van der Waals surface area contributed by atoms with Gasteiger partial charge in [-0.25, -0.2) is 0 Å². The molecule has 1 atom stereocenters. The summed E-state index contributed by atoms with van der Waals surface area (Å²) in [6, 6.07) is 4.62. The van der Waals surface area contributed by atoms with E-state index in [0.29, 0.717) is 12.6 Å². The molecule has 0 aliphatic carbocycles. The van der Waals surface area contributed by atoms with Crippen LogP contribution >= 0.6 is 0 Å². The second-order valence-corrected chi connectivity index (χ2v) is 8.23. The van der Waals surface area contributed by atoms with Gasteiger partial charge in [0.2, 0.25) is 5.91 Å². The van der Waals surface area contributed by atoms with Gasteiger partial charge >= 0.3 is 0 Å². The zero-order valence-electron chi connectivity index (χ0n) is 15.9. The van der Waals surface area contributed by atoms with Crippen LogP contribution in [-0.4, -0.2) is 84.9 Å². The Kier molecular flexibility index (Phi) is 4.97. The first-order valence-electron chi connectivity index (χ1n) is 8.89. The lowest BCUT2D eigenvalue weighted by atomic mass is 9.92. The van der Waals surface area contributed by atoms with Crippen LogP contribution in [0.3, 0.4) is 0 Å². The van der Waals surface area contributed by atoms with Gasteiger partial charge in [0.1, 0.15) is 6.61 Å². The summed E-state index contributed by atoms with van der Waals surface area (Å²) in [7, 11) is 3.96. The van der Waals surface area contributed by atoms with E-state index in [4.69, 9.17) is 4.74 Å². The fraction of sp³-hybridized carbons (Fsp3) is 0.722. The Bertz CT molecular complexity index is 607. The smallest absolute Gasteiger partial charge is 0.248 e. The van der Waals surface area contributed by atoms with Gasteiger partial charge in [0.15, 0.2) is 5.82 Å². The first-order chi connectivity index (χ1) is 11.7. The van der Waals surface area contributed by atoms with Gasteiger partial charge in [-0.3, -0.25) is 9.69 Å². The van der Waals surface area contributed by atoms with Crippen molar-refractivity contribution >= 4 is 11.7 Å². The SMILES string of the molecule is CN1CC(CN(C)C2CN(c3ccc(C(C)(C)C)nn3)C2)OCC1=O. The molecule has 0 spiro atoms. The fourth-order valence-corrected chi connectivity index (χ4v) is 3.16. The van der Waals surface area contributed by atoms with Crippen molar-refractivity contribution in [1.29, 1.82) is 0 Å². The van der Waals surface area contributed by atoms with Gasteiger partial charge in [-0.1, -0.05) is 20.8 Å². The number of ether oxygens (including phenoxy) is 1. The van der Waals surface area contributed by atoms with Crippen LogP contribution in [0.25, 0.3) is 0 Å². The molecular weight excluding hydrogens is 318 g/mol. The minimum Gasteiger partial charge on any atom is -0.365 e. The third-order valence-electron chi connectivity index (χ3n) is 5.07. The molecule has 0 bridgehead atoms. The number of amides is 1. The van der Waals surface area contributed by atoms with Gasteiger partial charge in [-0.15, -0.1) is 5.10 Å². The summed E-state index contributed by atoms with van der Waals surface area (Å²) in [5.41, 5.74) is 1.04. The van der Waals surface area contributed by atoms with Crippen LogP contribution in [0.1, 0.15) is 26.5 Å².